The first-order valence-corrected chi connectivity index (χ1v) is 9.66. The third-order valence-corrected chi connectivity index (χ3v) is 5.00. The molecule has 3 heteroatoms. The number of unbranched alkanes of at least 4 members (excludes halogenated alkanes) is 3. The molecule has 0 N–H and O–H groups in total. The summed E-state index contributed by atoms with van der Waals surface area (Å²) in [5.74, 6) is 0.139. The van der Waals surface area contributed by atoms with E-state index in [9.17, 15) is 4.79 Å². The topological polar surface area (TPSA) is 20.3 Å². The molecule has 1 rings (SSSR count). The third-order valence-electron chi connectivity index (χ3n) is 3.91. The van der Waals surface area contributed by atoms with E-state index in [1.807, 2.05) is 24.8 Å². The van der Waals surface area contributed by atoms with Gasteiger partial charge in [-0.05, 0) is 50.7 Å². The van der Waals surface area contributed by atoms with E-state index in [4.69, 9.17) is 0 Å². The second-order valence-corrected chi connectivity index (χ2v) is 7.05. The van der Waals surface area contributed by atoms with Crippen molar-refractivity contribution in [1.82, 2.24) is 4.90 Å². The molecule has 0 heterocycles. The van der Waals surface area contributed by atoms with E-state index in [2.05, 4.69) is 38.1 Å². The Balaban J connectivity index is 2.78. The number of rotatable bonds is 10. The number of carbonyl (C=O) groups excluding carboxylic acids is 1. The van der Waals surface area contributed by atoms with Gasteiger partial charge in [-0.2, -0.15) is 0 Å². The molecule has 0 aliphatic heterocycles. The van der Waals surface area contributed by atoms with Crippen molar-refractivity contribution in [1.29, 1.82) is 0 Å². The number of allylic oxidation sites excluding steroid dienone is 1. The molecule has 0 fully saturated rings. The molecule has 128 valence electrons. The van der Waals surface area contributed by atoms with Gasteiger partial charge in [-0.1, -0.05) is 55.6 Å². The highest BCUT2D eigenvalue weighted by Crippen LogP contribution is 2.30. The van der Waals surface area contributed by atoms with Crippen molar-refractivity contribution in [3.8, 4) is 0 Å². The number of hydrogen-bond donors (Lipinski definition) is 0. The molecule has 0 saturated carbocycles. The number of aryl methyl sites for hydroxylation is 1. The largest absolute Gasteiger partial charge is 0.340 e. The Bertz CT molecular complexity index is 489. The summed E-state index contributed by atoms with van der Waals surface area (Å²) < 4.78 is 0. The van der Waals surface area contributed by atoms with Crippen LogP contribution in [0, 0.1) is 6.92 Å². The number of carbonyl (C=O) groups is 1. The molecule has 0 saturated heterocycles. The monoisotopic (exact) mass is 333 g/mol. The Hall–Kier alpha value is -1.22. The van der Waals surface area contributed by atoms with Crippen LogP contribution >= 0.6 is 11.8 Å². The molecular weight excluding hydrogens is 302 g/mol. The Labute approximate surface area is 146 Å². The molecule has 0 bridgehead atoms. The lowest BCUT2D eigenvalue weighted by molar-refractivity contribution is -0.125. The maximum absolute atomic E-state index is 12.4. The summed E-state index contributed by atoms with van der Waals surface area (Å²) in [5.41, 5.74) is 1.27. The van der Waals surface area contributed by atoms with Crippen molar-refractivity contribution in [2.24, 2.45) is 0 Å². The van der Waals surface area contributed by atoms with Gasteiger partial charge in [-0.3, -0.25) is 4.79 Å². The quantitative estimate of drug-likeness (QED) is 0.306. The Morgan fingerprint density at radius 3 is 2.26 bits per heavy atom. The average Bonchev–Trinajstić information content (AvgIpc) is 2.54. The van der Waals surface area contributed by atoms with Gasteiger partial charge in [0.15, 0.2) is 0 Å². The lowest BCUT2D eigenvalue weighted by Gasteiger charge is -2.17. The summed E-state index contributed by atoms with van der Waals surface area (Å²) in [7, 11) is 0. The minimum atomic E-state index is 0.139. The van der Waals surface area contributed by atoms with Gasteiger partial charge >= 0.3 is 0 Å². The fourth-order valence-electron chi connectivity index (χ4n) is 2.40. The normalized spacial score (nSPS) is 11.6. The average molecular weight is 334 g/mol. The minimum absolute atomic E-state index is 0.139. The molecule has 0 unspecified atom stereocenters. The molecule has 0 aromatic heterocycles. The molecule has 1 aromatic carbocycles. The van der Waals surface area contributed by atoms with Crippen LogP contribution in [0.5, 0.6) is 0 Å². The van der Waals surface area contributed by atoms with Crippen molar-refractivity contribution in [3.63, 3.8) is 0 Å². The number of benzene rings is 1. The third kappa shape index (κ3) is 7.74. The fraction of sp³-hybridized carbons (Fsp3) is 0.550. The zero-order chi connectivity index (χ0) is 17.1. The molecular formula is C20H31NOS. The van der Waals surface area contributed by atoms with Gasteiger partial charge in [0.2, 0.25) is 5.91 Å². The first-order valence-electron chi connectivity index (χ1n) is 8.84. The molecule has 0 atom stereocenters. The first kappa shape index (κ1) is 19.8. The van der Waals surface area contributed by atoms with E-state index in [-0.39, 0.29) is 5.91 Å². The number of thioether (sulfide) groups is 1. The van der Waals surface area contributed by atoms with Crippen LogP contribution in [0.25, 0.3) is 0 Å². The summed E-state index contributed by atoms with van der Waals surface area (Å²) >= 11 is 1.74. The van der Waals surface area contributed by atoms with Gasteiger partial charge < -0.3 is 4.90 Å². The van der Waals surface area contributed by atoms with Crippen LogP contribution in [0.15, 0.2) is 40.1 Å². The van der Waals surface area contributed by atoms with Gasteiger partial charge in [0, 0.05) is 24.1 Å². The van der Waals surface area contributed by atoms with Crippen LogP contribution in [0.1, 0.15) is 58.4 Å². The predicted octanol–water partition coefficient (Wildman–Crippen LogP) is 5.81. The fourth-order valence-corrected chi connectivity index (χ4v) is 3.38. The van der Waals surface area contributed by atoms with E-state index in [0.29, 0.717) is 0 Å². The summed E-state index contributed by atoms with van der Waals surface area (Å²) in [5, 5.41) is 0. The molecule has 0 radical (unpaired) electrons. The summed E-state index contributed by atoms with van der Waals surface area (Å²) in [4.78, 5) is 16.7. The zero-order valence-electron chi connectivity index (χ0n) is 15.1. The van der Waals surface area contributed by atoms with E-state index in [1.165, 1.54) is 34.6 Å². The lowest BCUT2D eigenvalue weighted by Crippen LogP contribution is -2.28. The molecule has 2 nitrogen and oxygen atoms in total. The van der Waals surface area contributed by atoms with Crippen LogP contribution < -0.4 is 0 Å². The number of nitrogens with zero attached hydrogens (tertiary/aromatic N) is 1. The van der Waals surface area contributed by atoms with Gasteiger partial charge in [0.25, 0.3) is 0 Å². The van der Waals surface area contributed by atoms with Crippen LogP contribution in [0.2, 0.25) is 0 Å². The SMILES string of the molecule is CCCCCC/C(=C\C(=O)N(CC)CC)Sc1ccc(C)cc1. The van der Waals surface area contributed by atoms with Crippen LogP contribution in [0.4, 0.5) is 0 Å². The molecule has 0 aliphatic carbocycles. The van der Waals surface area contributed by atoms with Gasteiger partial charge in [0.05, 0.1) is 0 Å². The standard InChI is InChI=1S/C20H31NOS/c1-5-8-9-10-11-19(16-20(22)21(6-2)7-3)23-18-14-12-17(4)13-15-18/h12-16H,5-11H2,1-4H3/b19-16+. The Kier molecular flexibility index (Phi) is 9.77. The second kappa shape index (κ2) is 11.3. The van der Waals surface area contributed by atoms with Gasteiger partial charge in [0.1, 0.15) is 0 Å². The maximum Gasteiger partial charge on any atom is 0.247 e. The summed E-state index contributed by atoms with van der Waals surface area (Å²) in [6, 6.07) is 8.54. The Morgan fingerprint density at radius 1 is 1.04 bits per heavy atom. The van der Waals surface area contributed by atoms with Crippen LogP contribution in [0.3, 0.4) is 0 Å². The lowest BCUT2D eigenvalue weighted by atomic mass is 10.1. The number of hydrogen-bond acceptors (Lipinski definition) is 2. The first-order chi connectivity index (χ1) is 11.1. The number of amides is 1. The number of likely N-dealkylation sites (N-methyl/N-ethyl adjacent to an activating group) is 1. The van der Waals surface area contributed by atoms with Crippen molar-refractivity contribution in [3.05, 3.63) is 40.8 Å². The zero-order valence-corrected chi connectivity index (χ0v) is 15.9. The predicted molar refractivity (Wildman–Crippen MR) is 102 cm³/mol. The van der Waals surface area contributed by atoms with E-state index >= 15 is 0 Å². The molecule has 0 spiro atoms. The van der Waals surface area contributed by atoms with E-state index in [1.54, 1.807) is 11.8 Å². The summed E-state index contributed by atoms with van der Waals surface area (Å²) in [6.07, 6.45) is 7.75. The van der Waals surface area contributed by atoms with E-state index in [0.717, 1.165) is 25.9 Å². The molecule has 1 aromatic rings. The van der Waals surface area contributed by atoms with Crippen LogP contribution in [-0.4, -0.2) is 23.9 Å². The van der Waals surface area contributed by atoms with Crippen molar-refractivity contribution in [2.75, 3.05) is 13.1 Å². The maximum atomic E-state index is 12.4. The van der Waals surface area contributed by atoms with Crippen molar-refractivity contribution in [2.45, 2.75) is 64.7 Å². The van der Waals surface area contributed by atoms with Crippen molar-refractivity contribution < 1.29 is 4.79 Å². The van der Waals surface area contributed by atoms with Crippen molar-refractivity contribution >= 4 is 17.7 Å². The van der Waals surface area contributed by atoms with Gasteiger partial charge in [-0.25, -0.2) is 0 Å². The highest BCUT2D eigenvalue weighted by molar-refractivity contribution is 8.03. The van der Waals surface area contributed by atoms with Crippen LogP contribution in [-0.2, 0) is 4.79 Å². The van der Waals surface area contributed by atoms with Gasteiger partial charge in [-0.15, -0.1) is 0 Å². The highest BCUT2D eigenvalue weighted by Gasteiger charge is 2.09. The minimum Gasteiger partial charge on any atom is -0.340 e. The smallest absolute Gasteiger partial charge is 0.247 e. The molecule has 0 aliphatic rings. The molecule has 23 heavy (non-hydrogen) atoms. The molecule has 1 amide bonds. The van der Waals surface area contributed by atoms with E-state index < -0.39 is 0 Å². The Morgan fingerprint density at radius 2 is 1.70 bits per heavy atom. The summed E-state index contributed by atoms with van der Waals surface area (Å²) in [6.45, 7) is 9.92. The highest BCUT2D eigenvalue weighted by atomic mass is 32.2. The second-order valence-electron chi connectivity index (χ2n) is 5.85.